The van der Waals surface area contributed by atoms with Gasteiger partial charge in [0.25, 0.3) is 0 Å². The van der Waals surface area contributed by atoms with Gasteiger partial charge in [0.2, 0.25) is 5.88 Å². The summed E-state index contributed by atoms with van der Waals surface area (Å²) >= 11 is 0. The van der Waals surface area contributed by atoms with Crippen LogP contribution in [0.5, 0.6) is 5.88 Å². The van der Waals surface area contributed by atoms with E-state index in [1.54, 1.807) is 11.0 Å². The molecule has 44 heavy (non-hydrogen) atoms. The first-order valence-electron chi connectivity index (χ1n) is 15.9. The summed E-state index contributed by atoms with van der Waals surface area (Å²) in [6.07, 6.45) is 9.90. The molecule has 0 radical (unpaired) electrons. The third kappa shape index (κ3) is 7.29. The molecule has 10 heteroatoms. The van der Waals surface area contributed by atoms with E-state index >= 15 is 0 Å². The van der Waals surface area contributed by atoms with Crippen molar-refractivity contribution in [2.24, 2.45) is 17.8 Å². The third-order valence-electron chi connectivity index (χ3n) is 9.22. The van der Waals surface area contributed by atoms with Crippen molar-refractivity contribution in [3.05, 3.63) is 49.2 Å². The summed E-state index contributed by atoms with van der Waals surface area (Å²) in [4.78, 5) is 51.7. The summed E-state index contributed by atoms with van der Waals surface area (Å²) in [7, 11) is 1.34. The Morgan fingerprint density at radius 1 is 1.05 bits per heavy atom. The molecule has 1 saturated heterocycles. The van der Waals surface area contributed by atoms with Gasteiger partial charge < -0.3 is 24.4 Å². The molecule has 2 saturated carbocycles. The number of carbonyl (C=O) groups is 3. The Hall–Kier alpha value is -3.79. The SMILES string of the molecule is C=CCCCO[C@H]1CCN(C(=O)N[C@H](C(=O)C2C[C@H](Oc3nc4ccccc4nc3C=C)C[C@H]2C(=O)OC)C2CCCC2)C1. The summed E-state index contributed by atoms with van der Waals surface area (Å²) < 4.78 is 17.4. The molecule has 5 atom stereocenters. The molecule has 2 aliphatic carbocycles. The highest BCUT2D eigenvalue weighted by Gasteiger charge is 2.48. The molecule has 1 aliphatic heterocycles. The number of likely N-dealkylation sites (tertiary alicyclic amines) is 1. The number of Topliss-reactive ketones (excluding diaryl/α,β-unsaturated/α-hetero) is 1. The third-order valence-corrected chi connectivity index (χ3v) is 9.22. The standard InChI is InChI=1S/C34H44N4O6/c1-4-6-11-18-43-23-16-17-38(21-23)34(41)37-30(22-12-7-8-13-22)31(39)25-19-24(20-26(25)33(40)42-3)44-32-27(5-2)35-28-14-9-10-15-29(28)36-32/h4-5,9-10,14-15,22-26,30H,1-2,6-8,11-13,16-21H2,3H3,(H,37,41)/t23-,24-,25?,26+,30-/m0/s1. The molecule has 3 fully saturated rings. The maximum Gasteiger partial charge on any atom is 0.318 e. The molecule has 1 N–H and O–H groups in total. The number of fused-ring (bicyclic) bond motifs is 1. The molecule has 10 nitrogen and oxygen atoms in total. The maximum atomic E-state index is 14.3. The van der Waals surface area contributed by atoms with Gasteiger partial charge in [-0.25, -0.2) is 14.8 Å². The van der Waals surface area contributed by atoms with Crippen molar-refractivity contribution in [1.82, 2.24) is 20.2 Å². The van der Waals surface area contributed by atoms with Crippen LogP contribution in [-0.2, 0) is 19.1 Å². The van der Waals surface area contributed by atoms with Crippen LogP contribution >= 0.6 is 0 Å². The van der Waals surface area contributed by atoms with Gasteiger partial charge in [0.1, 0.15) is 11.8 Å². The van der Waals surface area contributed by atoms with Crippen LogP contribution in [0.25, 0.3) is 17.1 Å². The van der Waals surface area contributed by atoms with Gasteiger partial charge in [-0.3, -0.25) is 9.59 Å². The lowest BCUT2D eigenvalue weighted by Crippen LogP contribution is -2.52. The molecule has 236 valence electrons. The van der Waals surface area contributed by atoms with E-state index in [4.69, 9.17) is 14.2 Å². The van der Waals surface area contributed by atoms with Crippen molar-refractivity contribution >= 4 is 34.9 Å². The number of unbranched alkanes of at least 4 members (excludes halogenated alkanes) is 1. The smallest absolute Gasteiger partial charge is 0.318 e. The molecule has 0 bridgehead atoms. The van der Waals surface area contributed by atoms with Crippen LogP contribution in [0.3, 0.4) is 0 Å². The highest BCUT2D eigenvalue weighted by Crippen LogP contribution is 2.39. The van der Waals surface area contributed by atoms with Gasteiger partial charge in [-0.15, -0.1) is 6.58 Å². The first-order chi connectivity index (χ1) is 21.4. The topological polar surface area (TPSA) is 120 Å². The van der Waals surface area contributed by atoms with Crippen molar-refractivity contribution in [2.75, 3.05) is 26.8 Å². The highest BCUT2D eigenvalue weighted by atomic mass is 16.5. The van der Waals surface area contributed by atoms with E-state index in [0.29, 0.717) is 49.6 Å². The van der Waals surface area contributed by atoms with E-state index in [-0.39, 0.29) is 23.8 Å². The molecule has 2 amide bonds. The lowest BCUT2D eigenvalue weighted by molar-refractivity contribution is -0.149. The Bertz CT molecular complexity index is 1360. The number of rotatable bonds is 13. The van der Waals surface area contributed by atoms with E-state index in [2.05, 4.69) is 28.4 Å². The van der Waals surface area contributed by atoms with Crippen LogP contribution in [0.1, 0.15) is 63.5 Å². The number of ether oxygens (including phenoxy) is 3. The van der Waals surface area contributed by atoms with Crippen molar-refractivity contribution in [2.45, 2.75) is 76.0 Å². The number of hydrogen-bond donors (Lipinski definition) is 1. The van der Waals surface area contributed by atoms with E-state index < -0.39 is 30.0 Å². The van der Waals surface area contributed by atoms with Gasteiger partial charge in [0.05, 0.1) is 36.2 Å². The average molecular weight is 605 g/mol. The van der Waals surface area contributed by atoms with Crippen LogP contribution < -0.4 is 10.1 Å². The normalized spacial score (nSPS) is 24.2. The van der Waals surface area contributed by atoms with Gasteiger partial charge >= 0.3 is 12.0 Å². The molecule has 3 aliphatic rings. The minimum absolute atomic E-state index is 0.0127. The zero-order chi connectivity index (χ0) is 31.1. The number of amides is 2. The summed E-state index contributed by atoms with van der Waals surface area (Å²) in [5, 5.41) is 3.09. The number of hydrogen-bond acceptors (Lipinski definition) is 8. The summed E-state index contributed by atoms with van der Waals surface area (Å²) in [6, 6.07) is 6.55. The van der Waals surface area contributed by atoms with Crippen LogP contribution in [0, 0.1) is 17.8 Å². The average Bonchev–Trinajstić information content (AvgIpc) is 3.83. The molecular formula is C34H44N4O6. The summed E-state index contributed by atoms with van der Waals surface area (Å²) in [6.45, 7) is 9.30. The van der Waals surface area contributed by atoms with Gasteiger partial charge in [0, 0.05) is 25.6 Å². The van der Waals surface area contributed by atoms with Gasteiger partial charge in [-0.2, -0.15) is 0 Å². The lowest BCUT2D eigenvalue weighted by atomic mass is 9.83. The number of methoxy groups -OCH3 is 1. The number of allylic oxidation sites excluding steroid dienone is 1. The monoisotopic (exact) mass is 604 g/mol. The Balaban J connectivity index is 1.30. The van der Waals surface area contributed by atoms with Crippen LogP contribution in [0.2, 0.25) is 0 Å². The predicted octanol–water partition coefficient (Wildman–Crippen LogP) is 5.11. The molecule has 1 aromatic heterocycles. The van der Waals surface area contributed by atoms with Crippen molar-refractivity contribution < 1.29 is 28.6 Å². The second-order valence-corrected chi connectivity index (χ2v) is 12.1. The number of esters is 1. The number of ketones is 1. The number of nitrogens with one attached hydrogen (secondary N) is 1. The minimum atomic E-state index is -0.683. The summed E-state index contributed by atoms with van der Waals surface area (Å²) in [5.74, 6) is -1.57. The molecule has 2 aromatic rings. The number of nitrogens with zero attached hydrogens (tertiary/aromatic N) is 3. The van der Waals surface area contributed by atoms with Gasteiger partial charge in [-0.1, -0.05) is 37.6 Å². The highest BCUT2D eigenvalue weighted by molar-refractivity contribution is 5.94. The molecular weight excluding hydrogens is 560 g/mol. The Morgan fingerprint density at radius 2 is 1.77 bits per heavy atom. The largest absolute Gasteiger partial charge is 0.473 e. The number of aromatic nitrogens is 2. The van der Waals surface area contributed by atoms with Crippen molar-refractivity contribution in [3.63, 3.8) is 0 Å². The quantitative estimate of drug-likeness (QED) is 0.190. The zero-order valence-corrected chi connectivity index (χ0v) is 25.6. The molecule has 2 heterocycles. The first-order valence-corrected chi connectivity index (χ1v) is 15.9. The van der Waals surface area contributed by atoms with E-state index in [1.165, 1.54) is 7.11 Å². The van der Waals surface area contributed by atoms with Gasteiger partial charge in [0.15, 0.2) is 5.78 Å². The number of urea groups is 1. The van der Waals surface area contributed by atoms with Crippen LogP contribution in [0.15, 0.2) is 43.5 Å². The molecule has 0 spiro atoms. The Labute approximate surface area is 259 Å². The van der Waals surface area contributed by atoms with Crippen molar-refractivity contribution in [1.29, 1.82) is 0 Å². The number of para-hydroxylation sites is 2. The Kier molecular flexibility index (Phi) is 10.6. The van der Waals surface area contributed by atoms with E-state index in [1.807, 2.05) is 30.3 Å². The fourth-order valence-electron chi connectivity index (χ4n) is 6.88. The van der Waals surface area contributed by atoms with Crippen molar-refractivity contribution in [3.8, 4) is 5.88 Å². The molecule has 1 aromatic carbocycles. The first kappa shape index (κ1) is 31.6. The van der Waals surface area contributed by atoms with E-state index in [0.717, 1.165) is 50.5 Å². The van der Waals surface area contributed by atoms with Crippen LogP contribution in [0.4, 0.5) is 4.79 Å². The number of benzene rings is 1. The minimum Gasteiger partial charge on any atom is -0.473 e. The second kappa shape index (κ2) is 14.8. The van der Waals surface area contributed by atoms with Crippen LogP contribution in [-0.4, -0.2) is 77.7 Å². The molecule has 1 unspecified atom stereocenters. The fraction of sp³-hybridized carbons (Fsp3) is 0.559. The Morgan fingerprint density at radius 3 is 2.48 bits per heavy atom. The summed E-state index contributed by atoms with van der Waals surface area (Å²) in [5.41, 5.74) is 1.90. The van der Waals surface area contributed by atoms with Gasteiger partial charge in [-0.05, 0) is 69.1 Å². The number of carbonyl (C=O) groups excluding carboxylic acids is 3. The maximum absolute atomic E-state index is 14.3. The lowest BCUT2D eigenvalue weighted by Gasteiger charge is -2.29. The second-order valence-electron chi connectivity index (χ2n) is 12.1. The molecule has 5 rings (SSSR count). The fourth-order valence-corrected chi connectivity index (χ4v) is 6.88. The van der Waals surface area contributed by atoms with E-state index in [9.17, 15) is 14.4 Å². The predicted molar refractivity (Wildman–Crippen MR) is 167 cm³/mol. The zero-order valence-electron chi connectivity index (χ0n) is 25.6.